The maximum atomic E-state index is 14.3. The lowest BCUT2D eigenvalue weighted by atomic mass is 10.1. The van der Waals surface area contributed by atoms with Crippen LogP contribution < -0.4 is 11.2 Å². The quantitative estimate of drug-likeness (QED) is 0.804. The summed E-state index contributed by atoms with van der Waals surface area (Å²) in [6, 6.07) is 1.17. The second-order valence-corrected chi connectivity index (χ2v) is 6.83. The number of aromatic carboxylic acids is 1. The molecule has 1 saturated carbocycles. The normalized spacial score (nSPS) is 14.4. The Morgan fingerprint density at radius 2 is 2.22 bits per heavy atom. The highest BCUT2D eigenvalue weighted by Crippen LogP contribution is 2.41. The van der Waals surface area contributed by atoms with Gasteiger partial charge in [0.05, 0.1) is 20.8 Å². The third kappa shape index (κ3) is 2.84. The van der Waals surface area contributed by atoms with Gasteiger partial charge in [-0.15, -0.1) is 11.8 Å². The van der Waals surface area contributed by atoms with Crippen LogP contribution in [0.15, 0.2) is 22.0 Å². The lowest BCUT2D eigenvalue weighted by molar-refractivity contribution is 0.0695. The van der Waals surface area contributed by atoms with Crippen molar-refractivity contribution in [2.24, 2.45) is 5.73 Å². The van der Waals surface area contributed by atoms with Gasteiger partial charge >= 0.3 is 5.97 Å². The molecule has 0 aliphatic heterocycles. The molecule has 0 unspecified atom stereocenters. The molecule has 0 saturated heterocycles. The smallest absolute Gasteiger partial charge is 0.341 e. The van der Waals surface area contributed by atoms with E-state index in [9.17, 15) is 19.1 Å². The molecule has 1 aromatic carbocycles. The molecule has 8 heteroatoms. The molecule has 1 heterocycles. The van der Waals surface area contributed by atoms with Gasteiger partial charge in [-0.3, -0.25) is 4.79 Å². The molecule has 0 atom stereocenters. The van der Waals surface area contributed by atoms with Crippen molar-refractivity contribution in [2.75, 3.05) is 12.3 Å². The number of halogens is 2. The molecule has 0 amide bonds. The number of aromatic nitrogens is 1. The zero-order chi connectivity index (χ0) is 16.7. The Balaban J connectivity index is 2.35. The van der Waals surface area contributed by atoms with Crippen molar-refractivity contribution in [3.05, 3.63) is 38.9 Å². The van der Waals surface area contributed by atoms with Crippen LogP contribution in [-0.4, -0.2) is 27.9 Å². The molecule has 3 N–H and O–H groups in total. The number of carbonyl (C=O) groups is 1. The van der Waals surface area contributed by atoms with Crippen LogP contribution in [0.25, 0.3) is 10.9 Å². The minimum Gasteiger partial charge on any atom is -0.477 e. The van der Waals surface area contributed by atoms with Crippen molar-refractivity contribution in [3.8, 4) is 0 Å². The Morgan fingerprint density at radius 1 is 1.52 bits per heavy atom. The van der Waals surface area contributed by atoms with Crippen molar-refractivity contribution >= 4 is 40.2 Å². The van der Waals surface area contributed by atoms with Crippen LogP contribution in [0.1, 0.15) is 29.2 Å². The van der Waals surface area contributed by atoms with Crippen LogP contribution in [0.3, 0.4) is 0 Å². The maximum Gasteiger partial charge on any atom is 0.341 e. The second-order valence-electron chi connectivity index (χ2n) is 5.35. The van der Waals surface area contributed by atoms with E-state index in [1.54, 1.807) is 4.57 Å². The first-order valence-corrected chi connectivity index (χ1v) is 8.45. The largest absolute Gasteiger partial charge is 0.477 e. The predicted molar refractivity (Wildman–Crippen MR) is 88.2 cm³/mol. The summed E-state index contributed by atoms with van der Waals surface area (Å²) in [5.74, 6) is -1.48. The number of hydrogen-bond acceptors (Lipinski definition) is 4. The summed E-state index contributed by atoms with van der Waals surface area (Å²) in [5, 5.41) is 9.34. The lowest BCUT2D eigenvalue weighted by Gasteiger charge is -2.15. The van der Waals surface area contributed by atoms with Gasteiger partial charge in [0.15, 0.2) is 0 Å². The molecule has 0 bridgehead atoms. The van der Waals surface area contributed by atoms with Gasteiger partial charge in [-0.1, -0.05) is 11.6 Å². The van der Waals surface area contributed by atoms with Crippen LogP contribution in [0.5, 0.6) is 0 Å². The van der Waals surface area contributed by atoms with Crippen LogP contribution in [0, 0.1) is 5.82 Å². The van der Waals surface area contributed by atoms with Gasteiger partial charge in [0.1, 0.15) is 11.4 Å². The molecule has 1 aliphatic rings. The molecular formula is C15H14ClFN2O3S. The lowest BCUT2D eigenvalue weighted by Crippen LogP contribution is -2.19. The number of carboxylic acids is 1. The predicted octanol–water partition coefficient (Wildman–Crippen LogP) is 2.88. The van der Waals surface area contributed by atoms with Crippen molar-refractivity contribution < 1.29 is 14.3 Å². The molecule has 3 rings (SSSR count). The van der Waals surface area contributed by atoms with Gasteiger partial charge in [0, 0.05) is 24.5 Å². The number of nitrogens with two attached hydrogens (primary N) is 1. The Hall–Kier alpha value is -1.57. The molecule has 1 aromatic heterocycles. The highest BCUT2D eigenvalue weighted by atomic mass is 35.5. The van der Waals surface area contributed by atoms with Gasteiger partial charge in [-0.2, -0.15) is 0 Å². The fourth-order valence-electron chi connectivity index (χ4n) is 2.51. The average Bonchev–Trinajstić information content (AvgIpc) is 3.32. The van der Waals surface area contributed by atoms with Gasteiger partial charge < -0.3 is 15.4 Å². The first-order chi connectivity index (χ1) is 11.0. The third-order valence-electron chi connectivity index (χ3n) is 3.70. The van der Waals surface area contributed by atoms with E-state index in [0.29, 0.717) is 17.8 Å². The van der Waals surface area contributed by atoms with E-state index < -0.39 is 17.2 Å². The first kappa shape index (κ1) is 16.3. The molecule has 1 aliphatic carbocycles. The van der Waals surface area contributed by atoms with Crippen molar-refractivity contribution in [1.29, 1.82) is 0 Å². The standard InChI is InChI=1S/C15H14ClFN2O3S/c16-11-12-8(5-10(17)14(11)23-4-3-18)13(20)9(15(21)22)6-19(12)7-1-2-7/h5-7H,1-4,18H2,(H,21,22). The minimum atomic E-state index is -1.33. The Morgan fingerprint density at radius 3 is 2.78 bits per heavy atom. The van der Waals surface area contributed by atoms with Crippen LogP contribution in [0.2, 0.25) is 5.02 Å². The summed E-state index contributed by atoms with van der Waals surface area (Å²) < 4.78 is 16.0. The fraction of sp³-hybridized carbons (Fsp3) is 0.333. The zero-order valence-electron chi connectivity index (χ0n) is 12.0. The number of thioether (sulfide) groups is 1. The van der Waals surface area contributed by atoms with Crippen LogP contribution >= 0.6 is 23.4 Å². The number of nitrogens with zero attached hydrogens (tertiary/aromatic N) is 1. The first-order valence-electron chi connectivity index (χ1n) is 7.08. The molecular weight excluding hydrogens is 343 g/mol. The summed E-state index contributed by atoms with van der Waals surface area (Å²) in [5.41, 5.74) is 4.75. The number of carboxylic acid groups (broad SMARTS) is 1. The maximum absolute atomic E-state index is 14.3. The SMILES string of the molecule is NCCSc1c(F)cc2c(=O)c(C(=O)O)cn(C3CC3)c2c1Cl. The summed E-state index contributed by atoms with van der Waals surface area (Å²) in [6.07, 6.45) is 3.05. The molecule has 5 nitrogen and oxygen atoms in total. The zero-order valence-corrected chi connectivity index (χ0v) is 13.6. The fourth-order valence-corrected chi connectivity index (χ4v) is 3.71. The highest BCUT2D eigenvalue weighted by Gasteiger charge is 2.29. The average molecular weight is 357 g/mol. The summed E-state index contributed by atoms with van der Waals surface area (Å²) in [7, 11) is 0. The molecule has 0 radical (unpaired) electrons. The summed E-state index contributed by atoms with van der Waals surface area (Å²) >= 11 is 7.54. The number of rotatable bonds is 5. The van der Waals surface area contributed by atoms with Crippen LogP contribution in [0.4, 0.5) is 4.39 Å². The second kappa shape index (κ2) is 6.14. The van der Waals surface area contributed by atoms with Gasteiger partial charge in [0.2, 0.25) is 5.43 Å². The molecule has 0 spiro atoms. The summed E-state index contributed by atoms with van der Waals surface area (Å²) in [6.45, 7) is 0.367. The van der Waals surface area contributed by atoms with E-state index in [-0.39, 0.29) is 26.9 Å². The van der Waals surface area contributed by atoms with Crippen molar-refractivity contribution in [1.82, 2.24) is 4.57 Å². The molecule has 1 fully saturated rings. The Labute approximate surface area is 140 Å². The number of hydrogen-bond donors (Lipinski definition) is 2. The van der Waals surface area contributed by atoms with Gasteiger partial charge in [0.25, 0.3) is 0 Å². The van der Waals surface area contributed by atoms with Gasteiger partial charge in [-0.25, -0.2) is 9.18 Å². The van der Waals surface area contributed by atoms with Crippen molar-refractivity contribution in [3.63, 3.8) is 0 Å². The Bertz CT molecular complexity index is 864. The minimum absolute atomic E-state index is 0.00333. The van der Waals surface area contributed by atoms with E-state index in [4.69, 9.17) is 17.3 Å². The monoisotopic (exact) mass is 356 g/mol. The number of pyridine rings is 1. The van der Waals surface area contributed by atoms with Crippen LogP contribution in [-0.2, 0) is 0 Å². The van der Waals surface area contributed by atoms with E-state index >= 15 is 0 Å². The number of benzene rings is 1. The topological polar surface area (TPSA) is 85.3 Å². The van der Waals surface area contributed by atoms with E-state index in [0.717, 1.165) is 18.9 Å². The van der Waals surface area contributed by atoms with E-state index in [2.05, 4.69) is 0 Å². The van der Waals surface area contributed by atoms with E-state index in [1.807, 2.05) is 0 Å². The Kier molecular flexibility index (Phi) is 4.35. The third-order valence-corrected chi connectivity index (χ3v) is 5.31. The molecule has 2 aromatic rings. The summed E-state index contributed by atoms with van der Waals surface area (Å²) in [4.78, 5) is 23.9. The van der Waals surface area contributed by atoms with Gasteiger partial charge in [-0.05, 0) is 18.9 Å². The molecule has 122 valence electrons. The molecule has 23 heavy (non-hydrogen) atoms. The van der Waals surface area contributed by atoms with Crippen molar-refractivity contribution in [2.45, 2.75) is 23.8 Å². The van der Waals surface area contributed by atoms with E-state index in [1.165, 1.54) is 18.0 Å². The number of fused-ring (bicyclic) bond motifs is 1. The highest BCUT2D eigenvalue weighted by molar-refractivity contribution is 7.99.